The van der Waals surface area contributed by atoms with Gasteiger partial charge in [0.05, 0.1) is 11.6 Å². The molecule has 4 N–H and O–H groups in total. The Labute approximate surface area is 113 Å². The number of anilines is 2. The molecule has 6 nitrogen and oxygen atoms in total. The molecule has 6 heteroatoms. The van der Waals surface area contributed by atoms with E-state index in [2.05, 4.69) is 39.3 Å². The molecule has 0 spiro atoms. The first kappa shape index (κ1) is 13.6. The summed E-state index contributed by atoms with van der Waals surface area (Å²) in [6, 6.07) is 0. The van der Waals surface area contributed by atoms with Crippen LogP contribution in [0.25, 0.3) is 11.0 Å². The maximum Gasteiger partial charge on any atom is 0.224 e. The van der Waals surface area contributed by atoms with Gasteiger partial charge in [0.25, 0.3) is 0 Å². The molecule has 0 saturated carbocycles. The van der Waals surface area contributed by atoms with Gasteiger partial charge >= 0.3 is 0 Å². The number of hydrogen-bond acceptors (Lipinski definition) is 5. The fraction of sp³-hybridized carbons (Fsp3) is 0.615. The third kappa shape index (κ3) is 3.33. The number of unbranched alkanes of at least 4 members (excludes halogenated alkanes) is 1. The second-order valence-electron chi connectivity index (χ2n) is 4.86. The van der Waals surface area contributed by atoms with E-state index in [-0.39, 0.29) is 5.95 Å². The molecule has 1 unspecified atom stereocenters. The van der Waals surface area contributed by atoms with Gasteiger partial charge in [-0.15, -0.1) is 0 Å². The number of nitrogens with zero attached hydrogens (tertiary/aromatic N) is 3. The van der Waals surface area contributed by atoms with Gasteiger partial charge in [-0.25, -0.2) is 0 Å². The highest BCUT2D eigenvalue weighted by molar-refractivity contribution is 5.86. The van der Waals surface area contributed by atoms with E-state index in [4.69, 9.17) is 5.73 Å². The molecule has 2 heterocycles. The summed E-state index contributed by atoms with van der Waals surface area (Å²) in [4.78, 5) is 8.36. The van der Waals surface area contributed by atoms with Gasteiger partial charge in [0.1, 0.15) is 5.82 Å². The minimum atomic E-state index is 0.265. The molecule has 0 amide bonds. The number of H-pyrrole nitrogens is 1. The van der Waals surface area contributed by atoms with Crippen LogP contribution < -0.4 is 11.1 Å². The molecule has 0 aliphatic rings. The summed E-state index contributed by atoms with van der Waals surface area (Å²) in [6.07, 6.45) is 6.65. The fourth-order valence-electron chi connectivity index (χ4n) is 2.17. The van der Waals surface area contributed by atoms with Crippen LogP contribution in [-0.4, -0.2) is 26.7 Å². The molecule has 2 aromatic heterocycles. The molecule has 0 fully saturated rings. The van der Waals surface area contributed by atoms with Crippen LogP contribution in [0, 0.1) is 5.92 Å². The van der Waals surface area contributed by atoms with Crippen molar-refractivity contribution in [1.82, 2.24) is 20.2 Å². The minimum Gasteiger partial charge on any atom is -0.369 e. The summed E-state index contributed by atoms with van der Waals surface area (Å²) in [7, 11) is 0. The van der Waals surface area contributed by atoms with Crippen LogP contribution >= 0.6 is 0 Å². The van der Waals surface area contributed by atoms with E-state index in [0.29, 0.717) is 11.6 Å². The molecule has 0 aliphatic carbocycles. The normalized spacial score (nSPS) is 12.7. The third-order valence-corrected chi connectivity index (χ3v) is 3.43. The summed E-state index contributed by atoms with van der Waals surface area (Å²) >= 11 is 0. The third-order valence-electron chi connectivity index (χ3n) is 3.43. The SMILES string of the molecule is CCCCC(CC)CNc1nc(N)nc2[nH]ncc12. The summed E-state index contributed by atoms with van der Waals surface area (Å²) in [5.74, 6) is 1.70. The van der Waals surface area contributed by atoms with Crippen LogP contribution in [0.15, 0.2) is 6.20 Å². The fourth-order valence-corrected chi connectivity index (χ4v) is 2.17. The highest BCUT2D eigenvalue weighted by atomic mass is 15.2. The lowest BCUT2D eigenvalue weighted by molar-refractivity contribution is 0.472. The van der Waals surface area contributed by atoms with Crippen molar-refractivity contribution in [2.24, 2.45) is 5.92 Å². The predicted octanol–water partition coefficient (Wildman–Crippen LogP) is 2.56. The van der Waals surface area contributed by atoms with Crippen LogP contribution in [0.2, 0.25) is 0 Å². The Morgan fingerprint density at radius 1 is 1.37 bits per heavy atom. The second kappa shape index (κ2) is 6.36. The van der Waals surface area contributed by atoms with Crippen molar-refractivity contribution in [2.75, 3.05) is 17.6 Å². The summed E-state index contributed by atoms with van der Waals surface area (Å²) in [6.45, 7) is 5.36. The first-order valence-corrected chi connectivity index (χ1v) is 6.95. The molecule has 1 atom stereocenters. The Kier molecular flexibility index (Phi) is 4.54. The van der Waals surface area contributed by atoms with Crippen molar-refractivity contribution in [2.45, 2.75) is 39.5 Å². The van der Waals surface area contributed by atoms with Crippen molar-refractivity contribution in [3.63, 3.8) is 0 Å². The number of nitrogens with one attached hydrogen (secondary N) is 2. The van der Waals surface area contributed by atoms with Crippen LogP contribution in [0.1, 0.15) is 39.5 Å². The Morgan fingerprint density at radius 2 is 2.21 bits per heavy atom. The molecule has 0 aromatic carbocycles. The van der Waals surface area contributed by atoms with Crippen molar-refractivity contribution in [3.8, 4) is 0 Å². The van der Waals surface area contributed by atoms with Crippen LogP contribution in [0.4, 0.5) is 11.8 Å². The van der Waals surface area contributed by atoms with Crippen LogP contribution in [0.3, 0.4) is 0 Å². The number of aromatic amines is 1. The number of aromatic nitrogens is 4. The van der Waals surface area contributed by atoms with Crippen molar-refractivity contribution in [3.05, 3.63) is 6.20 Å². The van der Waals surface area contributed by atoms with Gasteiger partial charge in [0.2, 0.25) is 5.95 Å². The first-order valence-electron chi connectivity index (χ1n) is 6.95. The Hall–Kier alpha value is -1.85. The molecule has 0 bridgehead atoms. The zero-order chi connectivity index (χ0) is 13.7. The summed E-state index contributed by atoms with van der Waals surface area (Å²) < 4.78 is 0. The smallest absolute Gasteiger partial charge is 0.224 e. The lowest BCUT2D eigenvalue weighted by Gasteiger charge is -2.16. The number of fused-ring (bicyclic) bond motifs is 1. The maximum absolute atomic E-state index is 5.69. The van der Waals surface area contributed by atoms with Gasteiger partial charge < -0.3 is 11.1 Å². The van der Waals surface area contributed by atoms with Gasteiger partial charge in [-0.1, -0.05) is 33.1 Å². The number of hydrogen-bond donors (Lipinski definition) is 3. The minimum absolute atomic E-state index is 0.265. The van der Waals surface area contributed by atoms with E-state index in [1.165, 1.54) is 25.7 Å². The standard InChI is InChI=1S/C13H22N6/c1-3-5-6-9(4-2)7-15-11-10-8-16-19-12(10)18-13(14)17-11/h8-9H,3-7H2,1-2H3,(H4,14,15,16,17,18,19). The molecular formula is C13H22N6. The van der Waals surface area contributed by atoms with E-state index in [1.54, 1.807) is 6.20 Å². The number of nitrogens with two attached hydrogens (primary N) is 1. The van der Waals surface area contributed by atoms with Gasteiger partial charge in [0, 0.05) is 6.54 Å². The number of nitrogen functional groups attached to an aromatic ring is 1. The van der Waals surface area contributed by atoms with Crippen molar-refractivity contribution >= 4 is 22.8 Å². The average Bonchev–Trinajstić information content (AvgIpc) is 2.86. The topological polar surface area (TPSA) is 92.5 Å². The maximum atomic E-state index is 5.69. The zero-order valence-electron chi connectivity index (χ0n) is 11.6. The molecule has 2 aromatic rings. The van der Waals surface area contributed by atoms with E-state index in [1.807, 2.05) is 0 Å². The highest BCUT2D eigenvalue weighted by Crippen LogP contribution is 2.20. The van der Waals surface area contributed by atoms with Gasteiger partial charge in [-0.3, -0.25) is 5.10 Å². The monoisotopic (exact) mass is 262 g/mol. The van der Waals surface area contributed by atoms with E-state index >= 15 is 0 Å². The second-order valence-corrected chi connectivity index (χ2v) is 4.86. The average molecular weight is 262 g/mol. The molecular weight excluding hydrogens is 240 g/mol. The zero-order valence-corrected chi connectivity index (χ0v) is 11.6. The molecule has 0 saturated heterocycles. The lowest BCUT2D eigenvalue weighted by atomic mass is 9.99. The van der Waals surface area contributed by atoms with Gasteiger partial charge in [-0.2, -0.15) is 15.1 Å². The Morgan fingerprint density at radius 3 is 2.95 bits per heavy atom. The van der Waals surface area contributed by atoms with E-state index in [9.17, 15) is 0 Å². The molecule has 2 rings (SSSR count). The Balaban J connectivity index is 2.06. The van der Waals surface area contributed by atoms with E-state index < -0.39 is 0 Å². The molecule has 19 heavy (non-hydrogen) atoms. The largest absolute Gasteiger partial charge is 0.369 e. The Bertz CT molecular complexity index is 521. The number of rotatable bonds is 7. The first-order chi connectivity index (χ1) is 9.24. The quantitative estimate of drug-likeness (QED) is 0.713. The van der Waals surface area contributed by atoms with Crippen LogP contribution in [0.5, 0.6) is 0 Å². The van der Waals surface area contributed by atoms with Gasteiger partial charge in [-0.05, 0) is 12.3 Å². The summed E-state index contributed by atoms with van der Waals surface area (Å²) in [5, 5.41) is 11.1. The molecule has 0 aliphatic heterocycles. The van der Waals surface area contributed by atoms with Gasteiger partial charge in [0.15, 0.2) is 5.65 Å². The molecule has 104 valence electrons. The van der Waals surface area contributed by atoms with E-state index in [0.717, 1.165) is 17.7 Å². The molecule has 0 radical (unpaired) electrons. The van der Waals surface area contributed by atoms with Crippen LogP contribution in [-0.2, 0) is 0 Å². The lowest BCUT2D eigenvalue weighted by Crippen LogP contribution is -2.15. The van der Waals surface area contributed by atoms with Crippen molar-refractivity contribution in [1.29, 1.82) is 0 Å². The van der Waals surface area contributed by atoms with Crippen molar-refractivity contribution < 1.29 is 0 Å². The summed E-state index contributed by atoms with van der Waals surface area (Å²) in [5.41, 5.74) is 6.37. The predicted molar refractivity (Wildman–Crippen MR) is 77.9 cm³/mol. The highest BCUT2D eigenvalue weighted by Gasteiger charge is 2.10.